The molecule has 116 valence electrons. The minimum atomic E-state index is 0.102. The van der Waals surface area contributed by atoms with E-state index < -0.39 is 0 Å². The lowest BCUT2D eigenvalue weighted by atomic mass is 10.0. The molecule has 0 aliphatic carbocycles. The van der Waals surface area contributed by atoms with Crippen molar-refractivity contribution in [2.75, 3.05) is 26.7 Å². The van der Waals surface area contributed by atoms with Gasteiger partial charge >= 0.3 is 0 Å². The SMILES string of the molecule is CNC1CCCN(C(=O)c2cccc(OCC(C)C)c2)C1. The largest absolute Gasteiger partial charge is 0.493 e. The van der Waals surface area contributed by atoms with Crippen molar-refractivity contribution in [2.24, 2.45) is 5.92 Å². The Labute approximate surface area is 127 Å². The van der Waals surface area contributed by atoms with E-state index in [-0.39, 0.29) is 5.91 Å². The molecule has 0 saturated carbocycles. The van der Waals surface area contributed by atoms with Crippen LogP contribution < -0.4 is 10.1 Å². The monoisotopic (exact) mass is 290 g/mol. The first kappa shape index (κ1) is 15.8. The summed E-state index contributed by atoms with van der Waals surface area (Å²) in [7, 11) is 1.96. The lowest BCUT2D eigenvalue weighted by Crippen LogP contribution is -2.46. The van der Waals surface area contributed by atoms with Crippen LogP contribution in [0.3, 0.4) is 0 Å². The maximum absolute atomic E-state index is 12.6. The molecule has 2 rings (SSSR count). The zero-order chi connectivity index (χ0) is 15.2. The number of amides is 1. The Hall–Kier alpha value is -1.55. The second-order valence-corrected chi connectivity index (χ2v) is 6.11. The number of carbonyl (C=O) groups is 1. The summed E-state index contributed by atoms with van der Waals surface area (Å²) < 4.78 is 5.70. The minimum absolute atomic E-state index is 0.102. The lowest BCUT2D eigenvalue weighted by molar-refractivity contribution is 0.0697. The molecule has 1 N–H and O–H groups in total. The van der Waals surface area contributed by atoms with Crippen LogP contribution in [-0.4, -0.2) is 43.6 Å². The summed E-state index contributed by atoms with van der Waals surface area (Å²) in [4.78, 5) is 14.5. The normalized spacial score (nSPS) is 18.9. The predicted molar refractivity (Wildman–Crippen MR) is 84.8 cm³/mol. The van der Waals surface area contributed by atoms with E-state index in [1.54, 1.807) is 0 Å². The van der Waals surface area contributed by atoms with Gasteiger partial charge in [-0.2, -0.15) is 0 Å². The molecule has 0 spiro atoms. The molecule has 1 aromatic rings. The van der Waals surface area contributed by atoms with Crippen LogP contribution in [-0.2, 0) is 0 Å². The van der Waals surface area contributed by atoms with Crippen molar-refractivity contribution in [3.63, 3.8) is 0 Å². The van der Waals surface area contributed by atoms with Crippen LogP contribution in [0.2, 0.25) is 0 Å². The molecular formula is C17H26N2O2. The molecule has 4 nitrogen and oxygen atoms in total. The highest BCUT2D eigenvalue weighted by Gasteiger charge is 2.23. The van der Waals surface area contributed by atoms with E-state index >= 15 is 0 Å². The molecule has 0 bridgehead atoms. The lowest BCUT2D eigenvalue weighted by Gasteiger charge is -2.32. The molecule has 4 heteroatoms. The number of piperidine rings is 1. The Bertz CT molecular complexity index is 474. The van der Waals surface area contributed by atoms with Crippen LogP contribution in [0.4, 0.5) is 0 Å². The molecule has 1 aliphatic rings. The predicted octanol–water partition coefficient (Wildman–Crippen LogP) is 2.55. The second kappa shape index (κ2) is 7.46. The fourth-order valence-electron chi connectivity index (χ4n) is 2.56. The van der Waals surface area contributed by atoms with Crippen LogP contribution in [0, 0.1) is 5.92 Å². The molecule has 21 heavy (non-hydrogen) atoms. The Morgan fingerprint density at radius 3 is 3.00 bits per heavy atom. The van der Waals surface area contributed by atoms with Gasteiger partial charge in [0.2, 0.25) is 0 Å². The van der Waals surface area contributed by atoms with Crippen molar-refractivity contribution < 1.29 is 9.53 Å². The van der Waals surface area contributed by atoms with Gasteiger partial charge in [-0.05, 0) is 44.0 Å². The van der Waals surface area contributed by atoms with Crippen molar-refractivity contribution >= 4 is 5.91 Å². The van der Waals surface area contributed by atoms with Crippen LogP contribution in [0.25, 0.3) is 0 Å². The van der Waals surface area contributed by atoms with E-state index in [2.05, 4.69) is 19.2 Å². The first-order chi connectivity index (χ1) is 10.1. The van der Waals surface area contributed by atoms with Crippen molar-refractivity contribution in [1.82, 2.24) is 10.2 Å². The summed E-state index contributed by atoms with van der Waals surface area (Å²) >= 11 is 0. The first-order valence-electron chi connectivity index (χ1n) is 7.79. The number of likely N-dealkylation sites (tertiary alicyclic amines) is 1. The number of carbonyl (C=O) groups excluding carboxylic acids is 1. The highest BCUT2D eigenvalue weighted by atomic mass is 16.5. The third-order valence-electron chi connectivity index (χ3n) is 3.78. The zero-order valence-electron chi connectivity index (χ0n) is 13.3. The molecular weight excluding hydrogens is 264 g/mol. The molecule has 1 amide bonds. The summed E-state index contributed by atoms with van der Waals surface area (Å²) in [5.74, 6) is 1.35. The number of rotatable bonds is 5. The number of likely N-dealkylation sites (N-methyl/N-ethyl adjacent to an activating group) is 1. The molecule has 0 aromatic heterocycles. The quantitative estimate of drug-likeness (QED) is 0.906. The number of benzene rings is 1. The smallest absolute Gasteiger partial charge is 0.254 e. The molecule has 1 atom stereocenters. The summed E-state index contributed by atoms with van der Waals surface area (Å²) in [6.45, 7) is 6.52. The number of nitrogens with one attached hydrogen (secondary N) is 1. The van der Waals surface area contributed by atoms with E-state index in [1.807, 2.05) is 36.2 Å². The van der Waals surface area contributed by atoms with Gasteiger partial charge < -0.3 is 15.0 Å². The van der Waals surface area contributed by atoms with Crippen molar-refractivity contribution in [3.8, 4) is 5.75 Å². The van der Waals surface area contributed by atoms with E-state index in [4.69, 9.17) is 4.74 Å². The Morgan fingerprint density at radius 1 is 1.48 bits per heavy atom. The van der Waals surface area contributed by atoms with Crippen LogP contribution in [0.15, 0.2) is 24.3 Å². The fourth-order valence-corrected chi connectivity index (χ4v) is 2.56. The number of hydrogen-bond donors (Lipinski definition) is 1. The van der Waals surface area contributed by atoms with E-state index in [9.17, 15) is 4.79 Å². The fraction of sp³-hybridized carbons (Fsp3) is 0.588. The van der Waals surface area contributed by atoms with Gasteiger partial charge in [-0.15, -0.1) is 0 Å². The van der Waals surface area contributed by atoms with Gasteiger partial charge in [0.05, 0.1) is 6.61 Å². The van der Waals surface area contributed by atoms with Gasteiger partial charge in [0.25, 0.3) is 5.91 Å². The first-order valence-corrected chi connectivity index (χ1v) is 7.79. The summed E-state index contributed by atoms with van der Waals surface area (Å²) in [5.41, 5.74) is 0.716. The summed E-state index contributed by atoms with van der Waals surface area (Å²) in [6.07, 6.45) is 2.19. The van der Waals surface area contributed by atoms with E-state index in [0.717, 1.165) is 31.7 Å². The van der Waals surface area contributed by atoms with Gasteiger partial charge in [-0.3, -0.25) is 4.79 Å². The van der Waals surface area contributed by atoms with Crippen molar-refractivity contribution in [3.05, 3.63) is 29.8 Å². The summed E-state index contributed by atoms with van der Waals surface area (Å²) in [5, 5.41) is 3.27. The Kier molecular flexibility index (Phi) is 5.62. The van der Waals surface area contributed by atoms with Crippen LogP contribution in [0.1, 0.15) is 37.0 Å². The number of ether oxygens (including phenoxy) is 1. The van der Waals surface area contributed by atoms with E-state index in [0.29, 0.717) is 24.1 Å². The number of nitrogens with zero attached hydrogens (tertiary/aromatic N) is 1. The highest BCUT2D eigenvalue weighted by Crippen LogP contribution is 2.18. The third-order valence-corrected chi connectivity index (χ3v) is 3.78. The van der Waals surface area contributed by atoms with Crippen LogP contribution >= 0.6 is 0 Å². The van der Waals surface area contributed by atoms with Gasteiger partial charge in [-0.1, -0.05) is 19.9 Å². The molecule has 1 aliphatic heterocycles. The van der Waals surface area contributed by atoms with Crippen molar-refractivity contribution in [2.45, 2.75) is 32.7 Å². The molecule has 1 aromatic carbocycles. The molecule has 0 radical (unpaired) electrons. The second-order valence-electron chi connectivity index (χ2n) is 6.11. The topological polar surface area (TPSA) is 41.6 Å². The maximum atomic E-state index is 12.6. The average molecular weight is 290 g/mol. The molecule has 1 heterocycles. The van der Waals surface area contributed by atoms with Gasteiger partial charge in [0, 0.05) is 24.7 Å². The minimum Gasteiger partial charge on any atom is -0.493 e. The average Bonchev–Trinajstić information content (AvgIpc) is 2.52. The summed E-state index contributed by atoms with van der Waals surface area (Å²) in [6, 6.07) is 7.93. The zero-order valence-corrected chi connectivity index (χ0v) is 13.3. The molecule has 1 fully saturated rings. The van der Waals surface area contributed by atoms with Gasteiger partial charge in [0.15, 0.2) is 0 Å². The highest BCUT2D eigenvalue weighted by molar-refractivity contribution is 5.94. The van der Waals surface area contributed by atoms with Gasteiger partial charge in [0.1, 0.15) is 5.75 Å². The van der Waals surface area contributed by atoms with Crippen LogP contribution in [0.5, 0.6) is 5.75 Å². The molecule has 1 saturated heterocycles. The number of hydrogen-bond acceptors (Lipinski definition) is 3. The standard InChI is InChI=1S/C17H26N2O2/c1-13(2)12-21-16-8-4-6-14(10-16)17(20)19-9-5-7-15(11-19)18-3/h4,6,8,10,13,15,18H,5,7,9,11-12H2,1-3H3. The van der Waals surface area contributed by atoms with Crippen molar-refractivity contribution in [1.29, 1.82) is 0 Å². The maximum Gasteiger partial charge on any atom is 0.254 e. The third kappa shape index (κ3) is 4.46. The Morgan fingerprint density at radius 2 is 2.29 bits per heavy atom. The Balaban J connectivity index is 2.03. The van der Waals surface area contributed by atoms with E-state index in [1.165, 1.54) is 0 Å². The van der Waals surface area contributed by atoms with Gasteiger partial charge in [-0.25, -0.2) is 0 Å². The molecule has 1 unspecified atom stereocenters.